The summed E-state index contributed by atoms with van der Waals surface area (Å²) < 4.78 is 24.6. The number of benzene rings is 1. The molecule has 1 aliphatic rings. The molecule has 0 saturated carbocycles. The lowest BCUT2D eigenvalue weighted by Gasteiger charge is -2.31. The van der Waals surface area contributed by atoms with Crippen molar-refractivity contribution < 1.29 is 18.0 Å². The predicted octanol–water partition coefficient (Wildman–Crippen LogP) is 0.922. The molecule has 104 valence electrons. The van der Waals surface area contributed by atoms with Crippen molar-refractivity contribution in [2.24, 2.45) is 0 Å². The van der Waals surface area contributed by atoms with Gasteiger partial charge in [0, 0.05) is 5.56 Å². The second-order valence-corrected chi connectivity index (χ2v) is 6.75. The maximum atomic E-state index is 12.3. The largest absolute Gasteiger partial charge is 0.296 e. The Kier molecular flexibility index (Phi) is 3.36. The second kappa shape index (κ2) is 4.72. The monoisotopic (exact) mass is 292 g/mol. The molecule has 0 aliphatic carbocycles. The first-order valence-electron chi connectivity index (χ1n) is 5.88. The van der Waals surface area contributed by atoms with Crippen LogP contribution >= 0.6 is 0 Å². The van der Waals surface area contributed by atoms with Crippen LogP contribution in [0, 0.1) is 11.3 Å². The summed E-state index contributed by atoms with van der Waals surface area (Å²) in [5.74, 6) is -0.894. The Morgan fingerprint density at radius 2 is 2.10 bits per heavy atom. The van der Waals surface area contributed by atoms with Crippen molar-refractivity contribution in [3.05, 3.63) is 23.8 Å². The number of nitriles is 1. The van der Waals surface area contributed by atoms with Gasteiger partial charge in [-0.25, -0.2) is 8.42 Å². The summed E-state index contributed by atoms with van der Waals surface area (Å²) in [4.78, 5) is 24.5. The third kappa shape index (κ3) is 1.98. The van der Waals surface area contributed by atoms with E-state index in [1.54, 1.807) is 0 Å². The van der Waals surface area contributed by atoms with Crippen molar-refractivity contribution in [1.29, 1.82) is 5.26 Å². The normalized spacial score (nSPS) is 20.1. The van der Waals surface area contributed by atoms with E-state index in [2.05, 4.69) is 0 Å². The van der Waals surface area contributed by atoms with E-state index >= 15 is 0 Å². The molecule has 1 amide bonds. The molecule has 1 aromatic carbocycles. The van der Waals surface area contributed by atoms with Crippen LogP contribution in [0.25, 0.3) is 0 Å². The summed E-state index contributed by atoms with van der Waals surface area (Å²) in [6, 6.07) is 5.94. The maximum absolute atomic E-state index is 12.3. The third-order valence-electron chi connectivity index (χ3n) is 3.27. The second-order valence-electron chi connectivity index (χ2n) is 4.51. The van der Waals surface area contributed by atoms with Gasteiger partial charge < -0.3 is 0 Å². The van der Waals surface area contributed by atoms with Gasteiger partial charge in [0.25, 0.3) is 0 Å². The van der Waals surface area contributed by atoms with Crippen molar-refractivity contribution in [2.45, 2.75) is 24.0 Å². The van der Waals surface area contributed by atoms with E-state index < -0.39 is 21.0 Å². The highest BCUT2D eigenvalue weighted by Crippen LogP contribution is 2.35. The average Bonchev–Trinajstić information content (AvgIpc) is 2.41. The van der Waals surface area contributed by atoms with Gasteiger partial charge in [0.15, 0.2) is 15.6 Å². The summed E-state index contributed by atoms with van der Waals surface area (Å²) >= 11 is 0. The van der Waals surface area contributed by atoms with Crippen molar-refractivity contribution in [3.63, 3.8) is 0 Å². The Bertz CT molecular complexity index is 746. The molecule has 1 aliphatic heterocycles. The van der Waals surface area contributed by atoms with E-state index in [-0.39, 0.29) is 28.5 Å². The molecule has 0 radical (unpaired) electrons. The van der Waals surface area contributed by atoms with E-state index in [1.165, 1.54) is 32.0 Å². The van der Waals surface area contributed by atoms with Crippen molar-refractivity contribution in [1.82, 2.24) is 0 Å². The number of hydrogen-bond donors (Lipinski definition) is 0. The Hall–Kier alpha value is -2.20. The molecule has 1 atom stereocenters. The van der Waals surface area contributed by atoms with E-state index in [1.807, 2.05) is 6.07 Å². The lowest BCUT2D eigenvalue weighted by atomic mass is 10.1. The highest BCUT2D eigenvalue weighted by molar-refractivity contribution is 7.93. The van der Waals surface area contributed by atoms with Crippen molar-refractivity contribution >= 4 is 27.2 Å². The van der Waals surface area contributed by atoms with E-state index in [0.29, 0.717) is 0 Å². The van der Waals surface area contributed by atoms with Crippen LogP contribution in [-0.2, 0) is 14.6 Å². The van der Waals surface area contributed by atoms with Crippen LogP contribution in [0.4, 0.5) is 5.69 Å². The van der Waals surface area contributed by atoms with E-state index in [4.69, 9.17) is 5.26 Å². The molecule has 1 heterocycles. The molecule has 6 nitrogen and oxygen atoms in total. The van der Waals surface area contributed by atoms with Crippen LogP contribution in [0.2, 0.25) is 0 Å². The Balaban J connectivity index is 2.75. The fraction of sp³-hybridized carbons (Fsp3) is 0.308. The Morgan fingerprint density at radius 3 is 2.65 bits per heavy atom. The number of fused-ring (bicyclic) bond motifs is 1. The number of amides is 1. The van der Waals surface area contributed by atoms with Crippen LogP contribution in [0.15, 0.2) is 23.1 Å². The van der Waals surface area contributed by atoms with Gasteiger partial charge in [-0.3, -0.25) is 14.5 Å². The Morgan fingerprint density at radius 1 is 1.45 bits per heavy atom. The minimum Gasteiger partial charge on any atom is -0.296 e. The molecule has 0 fully saturated rings. The summed E-state index contributed by atoms with van der Waals surface area (Å²) in [6.07, 6.45) is 0. The molecule has 1 unspecified atom stereocenters. The number of nitrogens with zero attached hydrogens (tertiary/aromatic N) is 2. The van der Waals surface area contributed by atoms with Crippen LogP contribution in [0.1, 0.15) is 24.2 Å². The molecule has 0 spiro atoms. The van der Waals surface area contributed by atoms with E-state index in [9.17, 15) is 18.0 Å². The third-order valence-corrected chi connectivity index (χ3v) is 5.34. The number of ketones is 1. The molecule has 0 bridgehead atoms. The lowest BCUT2D eigenvalue weighted by Crippen LogP contribution is -2.46. The smallest absolute Gasteiger partial charge is 0.246 e. The van der Waals surface area contributed by atoms with Gasteiger partial charge in [0.2, 0.25) is 5.91 Å². The molecular formula is C13H12N2O4S. The SMILES string of the molecule is CC(=O)c1ccc2c(c1)S(=O)(=O)C(C)C(=O)N2CC#N. The molecule has 20 heavy (non-hydrogen) atoms. The summed E-state index contributed by atoms with van der Waals surface area (Å²) in [5, 5.41) is 7.51. The van der Waals surface area contributed by atoms with Gasteiger partial charge in [-0.15, -0.1) is 0 Å². The number of carbonyl (C=O) groups excluding carboxylic acids is 2. The van der Waals surface area contributed by atoms with E-state index in [0.717, 1.165) is 4.90 Å². The number of hydrogen-bond acceptors (Lipinski definition) is 5. The fourth-order valence-corrected chi connectivity index (χ4v) is 3.61. The fourth-order valence-electron chi connectivity index (χ4n) is 2.08. The minimum atomic E-state index is -3.83. The molecular weight excluding hydrogens is 280 g/mol. The zero-order valence-electron chi connectivity index (χ0n) is 11.0. The first kappa shape index (κ1) is 14.2. The molecule has 0 aromatic heterocycles. The maximum Gasteiger partial charge on any atom is 0.246 e. The highest BCUT2D eigenvalue weighted by atomic mass is 32.2. The van der Waals surface area contributed by atoms with Crippen molar-refractivity contribution in [2.75, 3.05) is 11.4 Å². The predicted molar refractivity (Wildman–Crippen MR) is 71.1 cm³/mol. The first-order valence-corrected chi connectivity index (χ1v) is 7.42. The average molecular weight is 292 g/mol. The summed E-state index contributed by atoms with van der Waals surface area (Å²) in [5.41, 5.74) is 0.408. The quantitative estimate of drug-likeness (QED) is 0.596. The van der Waals surface area contributed by atoms with Crippen LogP contribution in [0.3, 0.4) is 0 Å². The van der Waals surface area contributed by atoms with Crippen molar-refractivity contribution in [3.8, 4) is 6.07 Å². The van der Waals surface area contributed by atoms with Gasteiger partial charge in [0.1, 0.15) is 11.8 Å². The van der Waals surface area contributed by atoms with Crippen LogP contribution in [-0.4, -0.2) is 31.9 Å². The van der Waals surface area contributed by atoms with Crippen LogP contribution in [0.5, 0.6) is 0 Å². The minimum absolute atomic E-state index is 0.0763. The molecule has 0 N–H and O–H groups in total. The standard InChI is InChI=1S/C13H12N2O4S/c1-8(16)10-3-4-11-12(7-10)20(18,19)9(2)13(17)15(11)6-5-14/h3-4,7,9H,6H2,1-2H3. The van der Waals surface area contributed by atoms with Gasteiger partial charge in [-0.2, -0.15) is 5.26 Å². The van der Waals surface area contributed by atoms with Gasteiger partial charge in [0.05, 0.1) is 16.7 Å². The molecule has 7 heteroatoms. The molecule has 0 saturated heterocycles. The lowest BCUT2D eigenvalue weighted by molar-refractivity contribution is -0.118. The zero-order valence-corrected chi connectivity index (χ0v) is 11.8. The number of sulfone groups is 1. The zero-order chi connectivity index (χ0) is 15.1. The number of anilines is 1. The highest BCUT2D eigenvalue weighted by Gasteiger charge is 2.41. The first-order chi connectivity index (χ1) is 9.30. The number of Topliss-reactive ketones (excluding diaryl/α,β-unsaturated/α-hetero) is 1. The number of rotatable bonds is 2. The van der Waals surface area contributed by atoms with Gasteiger partial charge in [-0.1, -0.05) is 0 Å². The summed E-state index contributed by atoms with van der Waals surface area (Å²) in [7, 11) is -3.83. The Labute approximate surface area is 116 Å². The number of carbonyl (C=O) groups is 2. The van der Waals surface area contributed by atoms with Crippen LogP contribution < -0.4 is 4.90 Å². The van der Waals surface area contributed by atoms with Gasteiger partial charge >= 0.3 is 0 Å². The molecule has 1 aromatic rings. The van der Waals surface area contributed by atoms with Gasteiger partial charge in [-0.05, 0) is 32.0 Å². The topological polar surface area (TPSA) is 95.3 Å². The summed E-state index contributed by atoms with van der Waals surface area (Å²) in [6.45, 7) is 2.38. The molecule has 2 rings (SSSR count).